The normalized spacial score (nSPS) is 19.5. The van der Waals surface area contributed by atoms with Crippen LogP contribution >= 0.6 is 0 Å². The molecule has 16 heavy (non-hydrogen) atoms. The minimum atomic E-state index is 0.307. The number of nitrogens with two attached hydrogens (primary N) is 1. The summed E-state index contributed by atoms with van der Waals surface area (Å²) in [5, 5.41) is 0. The molecule has 0 aliphatic heterocycles. The van der Waals surface area contributed by atoms with Crippen molar-refractivity contribution in [1.82, 2.24) is 4.90 Å². The summed E-state index contributed by atoms with van der Waals surface area (Å²) < 4.78 is 5.40. The molecule has 0 aromatic heterocycles. The summed E-state index contributed by atoms with van der Waals surface area (Å²) in [5.74, 6) is 0. The monoisotopic (exact) mass is 228 g/mol. The quantitative estimate of drug-likeness (QED) is 0.646. The van der Waals surface area contributed by atoms with Gasteiger partial charge >= 0.3 is 0 Å². The van der Waals surface area contributed by atoms with Gasteiger partial charge in [-0.1, -0.05) is 19.8 Å². The van der Waals surface area contributed by atoms with Crippen LogP contribution in [0.5, 0.6) is 0 Å². The molecule has 0 bridgehead atoms. The first-order valence-electron chi connectivity index (χ1n) is 6.82. The summed E-state index contributed by atoms with van der Waals surface area (Å²) in [5.41, 5.74) is 6.31. The molecule has 1 aliphatic rings. The van der Waals surface area contributed by atoms with E-state index >= 15 is 0 Å². The van der Waals surface area contributed by atoms with Gasteiger partial charge in [0.15, 0.2) is 0 Å². The van der Waals surface area contributed by atoms with E-state index in [2.05, 4.69) is 18.7 Å². The van der Waals surface area contributed by atoms with Gasteiger partial charge in [0.25, 0.3) is 0 Å². The molecule has 0 aromatic rings. The summed E-state index contributed by atoms with van der Waals surface area (Å²) in [6.07, 6.45) is 6.39. The van der Waals surface area contributed by atoms with Crippen LogP contribution in [-0.4, -0.2) is 43.3 Å². The van der Waals surface area contributed by atoms with Crippen LogP contribution in [-0.2, 0) is 4.74 Å². The molecular weight excluding hydrogens is 200 g/mol. The SMILES string of the molecule is CCOCCCN(CC)C1(CN)CCCC1. The second kappa shape index (κ2) is 7.25. The van der Waals surface area contributed by atoms with Gasteiger partial charge in [-0.2, -0.15) is 0 Å². The maximum atomic E-state index is 6.00. The number of ether oxygens (including phenoxy) is 1. The first kappa shape index (κ1) is 13.9. The maximum absolute atomic E-state index is 6.00. The molecule has 0 amide bonds. The molecule has 1 fully saturated rings. The third-order valence-electron chi connectivity index (χ3n) is 3.89. The molecule has 1 aliphatic carbocycles. The molecule has 0 atom stereocenters. The minimum absolute atomic E-state index is 0.307. The van der Waals surface area contributed by atoms with Crippen molar-refractivity contribution >= 4 is 0 Å². The molecule has 3 nitrogen and oxygen atoms in total. The Bertz CT molecular complexity index is 179. The van der Waals surface area contributed by atoms with Crippen molar-refractivity contribution in [2.24, 2.45) is 5.73 Å². The van der Waals surface area contributed by atoms with Gasteiger partial charge in [0, 0.05) is 31.8 Å². The van der Waals surface area contributed by atoms with Gasteiger partial charge in [0.05, 0.1) is 0 Å². The fourth-order valence-electron chi connectivity index (χ4n) is 2.92. The van der Waals surface area contributed by atoms with E-state index in [0.29, 0.717) is 5.54 Å². The van der Waals surface area contributed by atoms with Gasteiger partial charge in [0.2, 0.25) is 0 Å². The van der Waals surface area contributed by atoms with E-state index in [4.69, 9.17) is 10.5 Å². The topological polar surface area (TPSA) is 38.5 Å². The van der Waals surface area contributed by atoms with E-state index in [9.17, 15) is 0 Å². The number of rotatable bonds is 8. The Morgan fingerprint density at radius 3 is 2.44 bits per heavy atom. The van der Waals surface area contributed by atoms with Gasteiger partial charge in [-0.05, 0) is 32.7 Å². The Morgan fingerprint density at radius 1 is 1.25 bits per heavy atom. The van der Waals surface area contributed by atoms with Crippen molar-refractivity contribution in [2.45, 2.75) is 51.5 Å². The highest BCUT2D eigenvalue weighted by molar-refractivity contribution is 4.95. The minimum Gasteiger partial charge on any atom is -0.382 e. The summed E-state index contributed by atoms with van der Waals surface area (Å²) in [4.78, 5) is 2.58. The van der Waals surface area contributed by atoms with E-state index in [0.717, 1.165) is 39.3 Å². The Hall–Kier alpha value is -0.120. The highest BCUT2D eigenvalue weighted by Crippen LogP contribution is 2.34. The lowest BCUT2D eigenvalue weighted by Gasteiger charge is -2.40. The Morgan fingerprint density at radius 2 is 1.94 bits per heavy atom. The largest absolute Gasteiger partial charge is 0.382 e. The lowest BCUT2D eigenvalue weighted by molar-refractivity contribution is 0.0810. The van der Waals surface area contributed by atoms with Gasteiger partial charge in [-0.3, -0.25) is 4.90 Å². The molecule has 96 valence electrons. The van der Waals surface area contributed by atoms with Gasteiger partial charge in [-0.15, -0.1) is 0 Å². The van der Waals surface area contributed by atoms with Crippen LogP contribution in [0, 0.1) is 0 Å². The predicted octanol–water partition coefficient (Wildman–Crippen LogP) is 2.01. The second-order valence-electron chi connectivity index (χ2n) is 4.77. The number of hydrogen-bond donors (Lipinski definition) is 1. The van der Waals surface area contributed by atoms with Crippen molar-refractivity contribution in [1.29, 1.82) is 0 Å². The number of likely N-dealkylation sites (N-methyl/N-ethyl adjacent to an activating group) is 1. The van der Waals surface area contributed by atoms with E-state index in [-0.39, 0.29) is 0 Å². The molecule has 0 saturated heterocycles. The van der Waals surface area contributed by atoms with E-state index in [1.165, 1.54) is 25.7 Å². The molecule has 1 saturated carbocycles. The molecule has 0 aromatic carbocycles. The third kappa shape index (κ3) is 3.44. The van der Waals surface area contributed by atoms with Crippen LogP contribution in [0.4, 0.5) is 0 Å². The van der Waals surface area contributed by atoms with Crippen molar-refractivity contribution in [3.05, 3.63) is 0 Å². The fraction of sp³-hybridized carbons (Fsp3) is 1.00. The number of nitrogens with zero attached hydrogens (tertiary/aromatic N) is 1. The second-order valence-corrected chi connectivity index (χ2v) is 4.77. The summed E-state index contributed by atoms with van der Waals surface area (Å²) >= 11 is 0. The molecule has 0 spiro atoms. The van der Waals surface area contributed by atoms with Crippen LogP contribution in [0.2, 0.25) is 0 Å². The average molecular weight is 228 g/mol. The molecular formula is C13H28N2O. The zero-order chi connectivity index (χ0) is 11.9. The Balaban J connectivity index is 2.38. The van der Waals surface area contributed by atoms with E-state index in [1.807, 2.05) is 0 Å². The zero-order valence-electron chi connectivity index (χ0n) is 11.0. The molecule has 0 unspecified atom stereocenters. The summed E-state index contributed by atoms with van der Waals surface area (Å²) in [6, 6.07) is 0. The van der Waals surface area contributed by atoms with Gasteiger partial charge < -0.3 is 10.5 Å². The van der Waals surface area contributed by atoms with Crippen molar-refractivity contribution in [3.8, 4) is 0 Å². The lowest BCUT2D eigenvalue weighted by atomic mass is 9.95. The first-order chi connectivity index (χ1) is 7.79. The van der Waals surface area contributed by atoms with Crippen LogP contribution in [0.3, 0.4) is 0 Å². The summed E-state index contributed by atoms with van der Waals surface area (Å²) in [7, 11) is 0. The molecule has 2 N–H and O–H groups in total. The average Bonchev–Trinajstić information content (AvgIpc) is 2.79. The fourth-order valence-corrected chi connectivity index (χ4v) is 2.92. The molecule has 1 rings (SSSR count). The third-order valence-corrected chi connectivity index (χ3v) is 3.89. The zero-order valence-corrected chi connectivity index (χ0v) is 11.0. The maximum Gasteiger partial charge on any atom is 0.0478 e. The summed E-state index contributed by atoms with van der Waals surface area (Å²) in [6.45, 7) is 9.07. The Labute approximate surface area is 100 Å². The van der Waals surface area contributed by atoms with Crippen LogP contribution in [0.25, 0.3) is 0 Å². The molecule has 3 heteroatoms. The van der Waals surface area contributed by atoms with Crippen molar-refractivity contribution in [3.63, 3.8) is 0 Å². The van der Waals surface area contributed by atoms with Crippen LogP contribution < -0.4 is 5.73 Å². The highest BCUT2D eigenvalue weighted by atomic mass is 16.5. The van der Waals surface area contributed by atoms with Crippen LogP contribution in [0.1, 0.15) is 46.0 Å². The molecule has 0 radical (unpaired) electrons. The predicted molar refractivity (Wildman–Crippen MR) is 68.6 cm³/mol. The first-order valence-corrected chi connectivity index (χ1v) is 6.82. The Kier molecular flexibility index (Phi) is 6.32. The lowest BCUT2D eigenvalue weighted by Crippen LogP contribution is -2.52. The standard InChI is InChI=1S/C13H28N2O/c1-3-15(10-7-11-16-4-2)13(12-14)8-5-6-9-13/h3-12,14H2,1-2H3. The van der Waals surface area contributed by atoms with Crippen molar-refractivity contribution in [2.75, 3.05) is 32.8 Å². The number of hydrogen-bond acceptors (Lipinski definition) is 3. The smallest absolute Gasteiger partial charge is 0.0478 e. The van der Waals surface area contributed by atoms with E-state index in [1.54, 1.807) is 0 Å². The highest BCUT2D eigenvalue weighted by Gasteiger charge is 2.36. The molecule has 0 heterocycles. The van der Waals surface area contributed by atoms with E-state index < -0.39 is 0 Å². The van der Waals surface area contributed by atoms with Gasteiger partial charge in [0.1, 0.15) is 0 Å². The van der Waals surface area contributed by atoms with Crippen molar-refractivity contribution < 1.29 is 4.74 Å². The van der Waals surface area contributed by atoms with Gasteiger partial charge in [-0.25, -0.2) is 0 Å². The van der Waals surface area contributed by atoms with Crippen LogP contribution in [0.15, 0.2) is 0 Å².